The molecule has 0 N–H and O–H groups in total. The molecule has 0 radical (unpaired) electrons. The van der Waals surface area contributed by atoms with Gasteiger partial charge in [0.2, 0.25) is 0 Å². The van der Waals surface area contributed by atoms with Gasteiger partial charge in [-0.2, -0.15) is 0 Å². The maximum Gasteiger partial charge on any atom is 0.410 e. The van der Waals surface area contributed by atoms with Crippen LogP contribution in [0.15, 0.2) is 30.3 Å². The van der Waals surface area contributed by atoms with E-state index in [0.717, 1.165) is 11.8 Å². The van der Waals surface area contributed by atoms with Crippen LogP contribution in [0.2, 0.25) is 0 Å². The van der Waals surface area contributed by atoms with Crippen LogP contribution in [0.5, 0.6) is 0 Å². The van der Waals surface area contributed by atoms with E-state index in [0.29, 0.717) is 0 Å². The summed E-state index contributed by atoms with van der Waals surface area (Å²) in [5.74, 6) is 0. The van der Waals surface area contributed by atoms with Gasteiger partial charge in [-0.15, -0.1) is 0 Å². The topological polar surface area (TPSA) is 46.6 Å². The van der Waals surface area contributed by atoms with Gasteiger partial charge in [-0.05, 0) is 26.3 Å². The van der Waals surface area contributed by atoms with Gasteiger partial charge < -0.3 is 9.53 Å². The van der Waals surface area contributed by atoms with E-state index in [1.807, 2.05) is 65.0 Å². The molecule has 0 aliphatic rings. The lowest BCUT2D eigenvalue weighted by atomic mass is 9.76. The van der Waals surface area contributed by atoms with Gasteiger partial charge in [0.1, 0.15) is 12.3 Å². The highest BCUT2D eigenvalue weighted by Crippen LogP contribution is 2.33. The molecule has 0 bridgehead atoms. The average Bonchev–Trinajstić information content (AvgIpc) is 2.43. The number of amides is 1. The Balaban J connectivity index is 3.32. The molecule has 21 heavy (non-hydrogen) atoms. The maximum absolute atomic E-state index is 12.2. The number of carbonyl (C=O) groups is 2. The van der Waals surface area contributed by atoms with Gasteiger partial charge in [0.05, 0.1) is 7.11 Å². The lowest BCUT2D eigenvalue weighted by Gasteiger charge is -2.45. The van der Waals surface area contributed by atoms with E-state index in [2.05, 4.69) is 0 Å². The standard InChI is InChI=1S/C17H25NO3/c1-16(2,3)18(15(20)21-6)14(12-19)17(4,5)13-10-8-7-9-11-13/h7-12,14H,1-6H3/t14-/m1/s1. The van der Waals surface area contributed by atoms with Crippen LogP contribution < -0.4 is 0 Å². The zero-order valence-electron chi connectivity index (χ0n) is 13.7. The number of carbonyl (C=O) groups excluding carboxylic acids is 2. The van der Waals surface area contributed by atoms with E-state index in [1.54, 1.807) is 0 Å². The second kappa shape index (κ2) is 6.29. The molecule has 1 aromatic rings. The molecule has 0 saturated heterocycles. The van der Waals surface area contributed by atoms with Crippen molar-refractivity contribution in [1.29, 1.82) is 0 Å². The third-order valence-corrected chi connectivity index (χ3v) is 3.76. The van der Waals surface area contributed by atoms with Crippen molar-refractivity contribution in [3.05, 3.63) is 35.9 Å². The normalized spacial score (nSPS) is 13.4. The fraction of sp³-hybridized carbons (Fsp3) is 0.529. The molecule has 0 spiro atoms. The van der Waals surface area contributed by atoms with Gasteiger partial charge >= 0.3 is 6.09 Å². The summed E-state index contributed by atoms with van der Waals surface area (Å²) in [6, 6.07) is 9.10. The molecule has 1 rings (SSSR count). The van der Waals surface area contributed by atoms with Crippen LogP contribution in [0, 0.1) is 0 Å². The Morgan fingerprint density at radius 2 is 1.67 bits per heavy atom. The molecule has 1 atom stereocenters. The Kier molecular flexibility index (Phi) is 5.15. The van der Waals surface area contributed by atoms with Crippen molar-refractivity contribution >= 4 is 12.4 Å². The number of nitrogens with zero attached hydrogens (tertiary/aromatic N) is 1. The van der Waals surface area contributed by atoms with Crippen molar-refractivity contribution in [2.45, 2.75) is 51.6 Å². The first-order chi connectivity index (χ1) is 9.66. The van der Waals surface area contributed by atoms with Crippen LogP contribution in [-0.2, 0) is 14.9 Å². The van der Waals surface area contributed by atoms with E-state index < -0.39 is 23.1 Å². The summed E-state index contributed by atoms with van der Waals surface area (Å²) in [5.41, 5.74) is -0.0462. The van der Waals surface area contributed by atoms with Gasteiger partial charge in [-0.3, -0.25) is 4.90 Å². The number of hydrogen-bond donors (Lipinski definition) is 0. The Morgan fingerprint density at radius 3 is 2.05 bits per heavy atom. The number of benzene rings is 1. The zero-order valence-corrected chi connectivity index (χ0v) is 13.7. The highest BCUT2D eigenvalue weighted by atomic mass is 16.5. The Bertz CT molecular complexity index is 489. The first kappa shape index (κ1) is 17.2. The van der Waals surface area contributed by atoms with Gasteiger partial charge in [-0.25, -0.2) is 4.79 Å². The molecule has 0 aromatic heterocycles. The number of aldehydes is 1. The lowest BCUT2D eigenvalue weighted by Crippen LogP contribution is -2.58. The largest absolute Gasteiger partial charge is 0.453 e. The molecule has 4 nitrogen and oxygen atoms in total. The first-order valence-corrected chi connectivity index (χ1v) is 7.04. The summed E-state index contributed by atoms with van der Waals surface area (Å²) >= 11 is 0. The maximum atomic E-state index is 12.2. The molecule has 0 saturated carbocycles. The fourth-order valence-electron chi connectivity index (χ4n) is 2.50. The fourth-order valence-corrected chi connectivity index (χ4v) is 2.50. The van der Waals surface area contributed by atoms with Crippen LogP contribution in [0.4, 0.5) is 4.79 Å². The number of methoxy groups -OCH3 is 1. The van der Waals surface area contributed by atoms with Crippen molar-refractivity contribution in [2.75, 3.05) is 7.11 Å². The SMILES string of the molecule is COC(=O)N([C@H](C=O)C(C)(C)c1ccccc1)C(C)(C)C. The quantitative estimate of drug-likeness (QED) is 0.799. The van der Waals surface area contributed by atoms with Crippen molar-refractivity contribution in [3.8, 4) is 0 Å². The van der Waals surface area contributed by atoms with Crippen molar-refractivity contribution in [1.82, 2.24) is 4.90 Å². The average molecular weight is 291 g/mol. The van der Waals surface area contributed by atoms with E-state index >= 15 is 0 Å². The summed E-state index contributed by atoms with van der Waals surface area (Å²) < 4.78 is 4.88. The molecule has 0 aliphatic heterocycles. The van der Waals surface area contributed by atoms with E-state index in [-0.39, 0.29) is 0 Å². The highest BCUT2D eigenvalue weighted by Gasteiger charge is 2.43. The second-order valence-electron chi connectivity index (χ2n) is 6.68. The molecule has 4 heteroatoms. The molecule has 0 fully saturated rings. The number of ether oxygens (including phenoxy) is 1. The summed E-state index contributed by atoms with van der Waals surface area (Å²) in [6.07, 6.45) is 0.332. The van der Waals surface area contributed by atoms with Gasteiger partial charge in [0.25, 0.3) is 0 Å². The molecule has 116 valence electrons. The second-order valence-corrected chi connectivity index (χ2v) is 6.68. The van der Waals surface area contributed by atoms with Gasteiger partial charge in [0.15, 0.2) is 0 Å². The van der Waals surface area contributed by atoms with E-state index in [4.69, 9.17) is 4.74 Å². The van der Waals surface area contributed by atoms with Crippen LogP contribution >= 0.6 is 0 Å². The minimum atomic E-state index is -0.618. The van der Waals surface area contributed by atoms with Crippen LogP contribution in [0.3, 0.4) is 0 Å². The van der Waals surface area contributed by atoms with Gasteiger partial charge in [0, 0.05) is 11.0 Å². The Morgan fingerprint density at radius 1 is 1.14 bits per heavy atom. The van der Waals surface area contributed by atoms with Crippen LogP contribution in [0.25, 0.3) is 0 Å². The lowest BCUT2D eigenvalue weighted by molar-refractivity contribution is -0.116. The highest BCUT2D eigenvalue weighted by molar-refractivity contribution is 5.75. The molecular formula is C17H25NO3. The van der Waals surface area contributed by atoms with Crippen molar-refractivity contribution in [2.24, 2.45) is 0 Å². The molecule has 1 aromatic carbocycles. The number of hydrogen-bond acceptors (Lipinski definition) is 3. The molecular weight excluding hydrogens is 266 g/mol. The Labute approximate surface area is 127 Å². The summed E-state index contributed by atoms with van der Waals surface area (Å²) in [7, 11) is 1.33. The molecule has 1 amide bonds. The zero-order chi connectivity index (χ0) is 16.3. The molecule has 0 aliphatic carbocycles. The molecule has 0 unspecified atom stereocenters. The van der Waals surface area contributed by atoms with E-state index in [9.17, 15) is 9.59 Å². The van der Waals surface area contributed by atoms with Crippen molar-refractivity contribution < 1.29 is 14.3 Å². The Hall–Kier alpha value is -1.84. The minimum Gasteiger partial charge on any atom is -0.453 e. The first-order valence-electron chi connectivity index (χ1n) is 7.04. The monoisotopic (exact) mass is 291 g/mol. The molecule has 0 heterocycles. The van der Waals surface area contributed by atoms with E-state index in [1.165, 1.54) is 12.0 Å². The minimum absolute atomic E-state index is 0.497. The van der Waals surface area contributed by atoms with Crippen molar-refractivity contribution in [3.63, 3.8) is 0 Å². The smallest absolute Gasteiger partial charge is 0.410 e. The summed E-state index contributed by atoms with van der Waals surface area (Å²) in [5, 5.41) is 0. The summed E-state index contributed by atoms with van der Waals surface area (Å²) in [6.45, 7) is 9.59. The third kappa shape index (κ3) is 3.63. The summed E-state index contributed by atoms with van der Waals surface area (Å²) in [4.78, 5) is 25.5. The predicted molar refractivity (Wildman–Crippen MR) is 83.3 cm³/mol. The van der Waals surface area contributed by atoms with Gasteiger partial charge in [-0.1, -0.05) is 44.2 Å². The van der Waals surface area contributed by atoms with Crippen LogP contribution in [0.1, 0.15) is 40.2 Å². The van der Waals surface area contributed by atoms with Crippen LogP contribution in [-0.4, -0.2) is 36.0 Å². The number of rotatable bonds is 4. The third-order valence-electron chi connectivity index (χ3n) is 3.76. The predicted octanol–water partition coefficient (Wildman–Crippen LogP) is 3.40.